The van der Waals surface area contributed by atoms with Gasteiger partial charge < -0.3 is 10.0 Å². The second-order valence-electron chi connectivity index (χ2n) is 6.53. The van der Waals surface area contributed by atoms with Crippen molar-refractivity contribution in [3.05, 3.63) is 70.3 Å². The van der Waals surface area contributed by atoms with Gasteiger partial charge in [-0.3, -0.25) is 9.20 Å². The summed E-state index contributed by atoms with van der Waals surface area (Å²) in [6.07, 6.45) is 1.91. The molecule has 1 amide bonds. The Kier molecular flexibility index (Phi) is 4.23. The van der Waals surface area contributed by atoms with Crippen molar-refractivity contribution < 1.29 is 14.7 Å². The highest BCUT2D eigenvalue weighted by atomic mass is 16.4. The summed E-state index contributed by atoms with van der Waals surface area (Å²) < 4.78 is 2.64. The van der Waals surface area contributed by atoms with Gasteiger partial charge in [-0.05, 0) is 23.3 Å². The summed E-state index contributed by atoms with van der Waals surface area (Å²) in [6, 6.07) is 11.9. The molecule has 0 saturated heterocycles. The zero-order valence-electron chi connectivity index (χ0n) is 14.5. The van der Waals surface area contributed by atoms with Gasteiger partial charge >= 0.3 is 11.7 Å². The Labute approximate surface area is 154 Å². The van der Waals surface area contributed by atoms with E-state index in [1.165, 1.54) is 14.0 Å². The van der Waals surface area contributed by atoms with Crippen LogP contribution >= 0.6 is 0 Å². The van der Waals surface area contributed by atoms with E-state index in [9.17, 15) is 19.5 Å². The van der Waals surface area contributed by atoms with Gasteiger partial charge in [0.2, 0.25) is 5.91 Å². The molecule has 3 heterocycles. The lowest BCUT2D eigenvalue weighted by atomic mass is 9.93. The number of hydrogen-bond acceptors (Lipinski definition) is 4. The number of carboxylic acids is 1. The predicted octanol–water partition coefficient (Wildman–Crippen LogP) is 0.924. The molecule has 1 N–H and O–H groups in total. The minimum absolute atomic E-state index is 0.00966. The number of aromatic nitrogens is 3. The van der Waals surface area contributed by atoms with Crippen molar-refractivity contribution in [2.45, 2.75) is 32.0 Å². The molecule has 1 aliphatic rings. The smallest absolute Gasteiger partial charge is 0.350 e. The molecule has 1 aromatic carbocycles. The number of benzene rings is 1. The van der Waals surface area contributed by atoms with Crippen LogP contribution in [0.25, 0.3) is 5.65 Å². The third kappa shape index (κ3) is 3.10. The van der Waals surface area contributed by atoms with Crippen molar-refractivity contribution in [2.75, 3.05) is 0 Å². The molecule has 2 aromatic heterocycles. The lowest BCUT2D eigenvalue weighted by Crippen LogP contribution is -2.48. The number of nitrogens with zero attached hydrogens (tertiary/aromatic N) is 4. The lowest BCUT2D eigenvalue weighted by Gasteiger charge is -2.34. The van der Waals surface area contributed by atoms with Crippen molar-refractivity contribution >= 4 is 17.5 Å². The van der Waals surface area contributed by atoms with E-state index in [1.54, 1.807) is 24.4 Å². The fraction of sp³-hybridized carbons (Fsp3) is 0.263. The number of amides is 1. The summed E-state index contributed by atoms with van der Waals surface area (Å²) in [6.45, 7) is 0.357. The third-order valence-electron chi connectivity index (χ3n) is 4.88. The number of rotatable bonds is 4. The molecule has 1 atom stereocenters. The van der Waals surface area contributed by atoms with Crippen LogP contribution in [0, 0.1) is 0 Å². The van der Waals surface area contributed by atoms with Gasteiger partial charge in [0.1, 0.15) is 6.04 Å². The first kappa shape index (κ1) is 17.0. The van der Waals surface area contributed by atoms with Gasteiger partial charge in [-0.1, -0.05) is 30.3 Å². The number of fused-ring (bicyclic) bond motifs is 2. The normalized spacial score (nSPS) is 16.3. The van der Waals surface area contributed by atoms with Crippen LogP contribution in [0.3, 0.4) is 0 Å². The van der Waals surface area contributed by atoms with E-state index in [0.29, 0.717) is 5.65 Å². The van der Waals surface area contributed by atoms with E-state index in [2.05, 4.69) is 5.10 Å². The maximum Gasteiger partial charge on any atom is 0.350 e. The molecule has 0 spiro atoms. The van der Waals surface area contributed by atoms with Gasteiger partial charge in [0.25, 0.3) is 0 Å². The molecule has 27 heavy (non-hydrogen) atoms. The standard InChI is InChI=1S/C19H18N4O4/c24-17(8-10-23-19(27)21-9-4-3-7-16(21)20-23)22-12-14-6-2-1-5-13(14)11-15(22)18(25)26/h1-7,9,15H,8,10-12H2,(H,25,26)/t15-/m1/s1. The summed E-state index contributed by atoms with van der Waals surface area (Å²) in [5.41, 5.74) is 2.08. The monoisotopic (exact) mass is 366 g/mol. The second-order valence-corrected chi connectivity index (χ2v) is 6.53. The topological polar surface area (TPSA) is 96.9 Å². The Bertz CT molecular complexity index is 1080. The molecule has 0 aliphatic carbocycles. The van der Waals surface area contributed by atoms with Crippen molar-refractivity contribution in [1.29, 1.82) is 0 Å². The van der Waals surface area contributed by atoms with Crippen LogP contribution in [0.15, 0.2) is 53.5 Å². The molecular weight excluding hydrogens is 348 g/mol. The Morgan fingerprint density at radius 2 is 1.85 bits per heavy atom. The highest BCUT2D eigenvalue weighted by Gasteiger charge is 2.34. The highest BCUT2D eigenvalue weighted by molar-refractivity contribution is 5.84. The number of aryl methyl sites for hydroxylation is 1. The molecule has 8 nitrogen and oxygen atoms in total. The number of hydrogen-bond donors (Lipinski definition) is 1. The van der Waals surface area contributed by atoms with Crippen molar-refractivity contribution in [1.82, 2.24) is 19.1 Å². The quantitative estimate of drug-likeness (QED) is 0.741. The van der Waals surface area contributed by atoms with Crippen LogP contribution in [-0.2, 0) is 29.1 Å². The Balaban J connectivity index is 1.53. The van der Waals surface area contributed by atoms with Gasteiger partial charge in [-0.15, -0.1) is 5.10 Å². The van der Waals surface area contributed by atoms with Crippen molar-refractivity contribution in [3.8, 4) is 0 Å². The molecule has 0 saturated carbocycles. The molecule has 0 radical (unpaired) electrons. The number of carboxylic acid groups (broad SMARTS) is 1. The largest absolute Gasteiger partial charge is 0.480 e. The molecule has 1 aliphatic heterocycles. The van der Waals surface area contributed by atoms with Crippen LogP contribution in [0.4, 0.5) is 0 Å². The molecule has 4 rings (SSSR count). The Morgan fingerprint density at radius 3 is 2.59 bits per heavy atom. The average Bonchev–Trinajstić information content (AvgIpc) is 3.01. The zero-order valence-corrected chi connectivity index (χ0v) is 14.5. The Hall–Kier alpha value is -3.42. The maximum atomic E-state index is 12.7. The fourth-order valence-corrected chi connectivity index (χ4v) is 3.46. The summed E-state index contributed by atoms with van der Waals surface area (Å²) in [7, 11) is 0. The minimum atomic E-state index is -1.03. The van der Waals surface area contributed by atoms with Crippen LogP contribution in [0.1, 0.15) is 17.5 Å². The first-order chi connectivity index (χ1) is 13.0. The second kappa shape index (κ2) is 6.71. The van der Waals surface area contributed by atoms with Crippen LogP contribution in [0.5, 0.6) is 0 Å². The lowest BCUT2D eigenvalue weighted by molar-refractivity contribution is -0.151. The molecule has 0 unspecified atom stereocenters. The van der Waals surface area contributed by atoms with Gasteiger partial charge in [0.15, 0.2) is 5.65 Å². The molecule has 0 fully saturated rings. The highest BCUT2D eigenvalue weighted by Crippen LogP contribution is 2.24. The SMILES string of the molecule is O=C(O)[C@H]1Cc2ccccc2CN1C(=O)CCn1nc2ccccn2c1=O. The van der Waals surface area contributed by atoms with Crippen molar-refractivity contribution in [2.24, 2.45) is 0 Å². The van der Waals surface area contributed by atoms with E-state index < -0.39 is 12.0 Å². The van der Waals surface area contributed by atoms with Crippen LogP contribution in [0.2, 0.25) is 0 Å². The first-order valence-corrected chi connectivity index (χ1v) is 8.68. The molecule has 8 heteroatoms. The molecule has 0 bridgehead atoms. The predicted molar refractivity (Wildman–Crippen MR) is 96.2 cm³/mol. The van der Waals surface area contributed by atoms with Crippen LogP contribution < -0.4 is 5.69 Å². The Morgan fingerprint density at radius 1 is 1.11 bits per heavy atom. The number of carbonyl (C=O) groups is 2. The molecule has 3 aromatic rings. The van der Waals surface area contributed by atoms with Crippen molar-refractivity contribution in [3.63, 3.8) is 0 Å². The van der Waals surface area contributed by atoms with Crippen LogP contribution in [-0.4, -0.2) is 42.1 Å². The summed E-state index contributed by atoms with van der Waals surface area (Å²) in [5.74, 6) is -1.33. The van der Waals surface area contributed by atoms with Gasteiger partial charge in [0, 0.05) is 25.6 Å². The molecule has 138 valence electrons. The maximum absolute atomic E-state index is 12.7. The summed E-state index contributed by atoms with van der Waals surface area (Å²) >= 11 is 0. The minimum Gasteiger partial charge on any atom is -0.480 e. The number of aliphatic carboxylic acids is 1. The summed E-state index contributed by atoms with van der Waals surface area (Å²) in [4.78, 5) is 38.1. The first-order valence-electron chi connectivity index (χ1n) is 8.68. The van der Waals surface area contributed by atoms with E-state index in [-0.39, 0.29) is 37.5 Å². The number of pyridine rings is 1. The van der Waals surface area contributed by atoms with E-state index >= 15 is 0 Å². The van der Waals surface area contributed by atoms with E-state index in [1.807, 2.05) is 24.3 Å². The van der Waals surface area contributed by atoms with E-state index in [4.69, 9.17) is 0 Å². The van der Waals surface area contributed by atoms with Gasteiger partial charge in [-0.25, -0.2) is 14.3 Å². The average molecular weight is 366 g/mol. The van der Waals surface area contributed by atoms with Gasteiger partial charge in [0.05, 0.1) is 6.54 Å². The third-order valence-corrected chi connectivity index (χ3v) is 4.88. The van der Waals surface area contributed by atoms with E-state index in [0.717, 1.165) is 11.1 Å². The number of carbonyl (C=O) groups excluding carboxylic acids is 1. The summed E-state index contributed by atoms with van der Waals surface area (Å²) in [5, 5.41) is 13.7. The fourth-order valence-electron chi connectivity index (χ4n) is 3.46. The zero-order chi connectivity index (χ0) is 19.0. The molecular formula is C19H18N4O4. The van der Waals surface area contributed by atoms with Gasteiger partial charge in [-0.2, -0.15) is 0 Å².